The van der Waals surface area contributed by atoms with Crippen molar-refractivity contribution in [1.29, 1.82) is 0 Å². The highest BCUT2D eigenvalue weighted by molar-refractivity contribution is 9.11. The minimum absolute atomic E-state index is 0.148. The van der Waals surface area contributed by atoms with Gasteiger partial charge in [-0.3, -0.25) is 0 Å². The van der Waals surface area contributed by atoms with E-state index in [1.807, 2.05) is 0 Å². The van der Waals surface area contributed by atoms with E-state index in [2.05, 4.69) is 26.0 Å². The highest BCUT2D eigenvalue weighted by Crippen LogP contribution is 2.29. The first kappa shape index (κ1) is 16.4. The molecule has 0 spiro atoms. The third-order valence-electron chi connectivity index (χ3n) is 2.23. The highest BCUT2D eigenvalue weighted by Gasteiger charge is 2.18. The summed E-state index contributed by atoms with van der Waals surface area (Å²) in [4.78, 5) is 13.6. The standard InChI is InChI=1S/C10H16BrN3O3S2/c1-7-8(6-9(11)18-7)19(16,17)13-5-4-12-10(15)14(2)3/h6,13H,4-5H2,1-3H3,(H,12,15). The van der Waals surface area contributed by atoms with Gasteiger partial charge in [-0.1, -0.05) is 0 Å². The van der Waals surface area contributed by atoms with Crippen LogP contribution in [0.25, 0.3) is 0 Å². The molecule has 2 amide bonds. The van der Waals surface area contributed by atoms with Gasteiger partial charge in [0.15, 0.2) is 0 Å². The van der Waals surface area contributed by atoms with Crippen molar-refractivity contribution in [2.45, 2.75) is 11.8 Å². The van der Waals surface area contributed by atoms with Crippen molar-refractivity contribution >= 4 is 43.3 Å². The second-order valence-electron chi connectivity index (χ2n) is 4.00. The minimum Gasteiger partial charge on any atom is -0.337 e. The van der Waals surface area contributed by atoms with Gasteiger partial charge in [-0.05, 0) is 28.9 Å². The molecule has 108 valence electrons. The first-order valence-electron chi connectivity index (χ1n) is 5.45. The third-order valence-corrected chi connectivity index (χ3v) is 5.50. The molecule has 2 N–H and O–H groups in total. The van der Waals surface area contributed by atoms with Crippen LogP contribution in [-0.4, -0.2) is 46.5 Å². The Morgan fingerprint density at radius 1 is 1.42 bits per heavy atom. The van der Waals surface area contributed by atoms with Gasteiger partial charge in [0.25, 0.3) is 0 Å². The molecule has 0 aliphatic carbocycles. The van der Waals surface area contributed by atoms with Crippen molar-refractivity contribution in [3.05, 3.63) is 14.7 Å². The number of nitrogens with zero attached hydrogens (tertiary/aromatic N) is 1. The van der Waals surface area contributed by atoms with Crippen molar-refractivity contribution in [2.75, 3.05) is 27.2 Å². The molecule has 0 aliphatic heterocycles. The number of halogens is 1. The Hall–Kier alpha value is -0.640. The number of sulfonamides is 1. The summed E-state index contributed by atoms with van der Waals surface area (Å²) in [5.74, 6) is 0. The maximum atomic E-state index is 12.0. The van der Waals surface area contributed by atoms with E-state index in [0.29, 0.717) is 0 Å². The summed E-state index contributed by atoms with van der Waals surface area (Å²) in [5, 5.41) is 2.58. The summed E-state index contributed by atoms with van der Waals surface area (Å²) in [5.41, 5.74) is 0. The van der Waals surface area contributed by atoms with Gasteiger partial charge in [0.2, 0.25) is 10.0 Å². The fourth-order valence-electron chi connectivity index (χ4n) is 1.29. The van der Waals surface area contributed by atoms with Gasteiger partial charge in [-0.2, -0.15) is 0 Å². The number of nitrogens with one attached hydrogen (secondary N) is 2. The molecule has 0 aromatic carbocycles. The van der Waals surface area contributed by atoms with Crippen LogP contribution in [0.4, 0.5) is 4.79 Å². The lowest BCUT2D eigenvalue weighted by Gasteiger charge is -2.12. The summed E-state index contributed by atoms with van der Waals surface area (Å²) in [6, 6.07) is 1.31. The normalized spacial score (nSPS) is 11.4. The number of thiophene rings is 1. The Morgan fingerprint density at radius 2 is 2.05 bits per heavy atom. The van der Waals surface area contributed by atoms with Crippen LogP contribution in [0.5, 0.6) is 0 Å². The van der Waals surface area contributed by atoms with Gasteiger partial charge in [0, 0.05) is 32.1 Å². The predicted molar refractivity (Wildman–Crippen MR) is 79.0 cm³/mol. The molecule has 1 rings (SSSR count). The molecule has 0 fully saturated rings. The summed E-state index contributed by atoms with van der Waals surface area (Å²) in [7, 11) is -0.289. The molecule has 0 radical (unpaired) electrons. The SMILES string of the molecule is Cc1sc(Br)cc1S(=O)(=O)NCCNC(=O)N(C)C. The predicted octanol–water partition coefficient (Wildman–Crippen LogP) is 1.37. The van der Waals surface area contributed by atoms with Gasteiger partial charge >= 0.3 is 6.03 Å². The summed E-state index contributed by atoms with van der Waals surface area (Å²) >= 11 is 4.62. The largest absolute Gasteiger partial charge is 0.337 e. The third kappa shape index (κ3) is 4.75. The highest BCUT2D eigenvalue weighted by atomic mass is 79.9. The molecule has 19 heavy (non-hydrogen) atoms. The number of amides is 2. The molecule has 0 unspecified atom stereocenters. The van der Waals surface area contributed by atoms with E-state index in [1.165, 1.54) is 16.2 Å². The molecule has 0 saturated heterocycles. The fourth-order valence-corrected chi connectivity index (χ4v) is 4.73. The maximum absolute atomic E-state index is 12.0. The summed E-state index contributed by atoms with van der Waals surface area (Å²) in [6.07, 6.45) is 0. The summed E-state index contributed by atoms with van der Waals surface area (Å²) in [6.45, 7) is 2.13. The molecule has 0 saturated carbocycles. The molecule has 1 heterocycles. The zero-order valence-electron chi connectivity index (χ0n) is 10.9. The topological polar surface area (TPSA) is 78.5 Å². The average molecular weight is 370 g/mol. The smallest absolute Gasteiger partial charge is 0.316 e. The number of carbonyl (C=O) groups is 1. The van der Waals surface area contributed by atoms with E-state index < -0.39 is 10.0 Å². The first-order chi connectivity index (χ1) is 8.74. The molecule has 0 atom stereocenters. The number of hydrogen-bond donors (Lipinski definition) is 2. The van der Waals surface area contributed by atoms with E-state index in [9.17, 15) is 13.2 Å². The lowest BCUT2D eigenvalue weighted by atomic mass is 10.5. The number of urea groups is 1. The van der Waals surface area contributed by atoms with E-state index in [1.54, 1.807) is 27.1 Å². The number of aryl methyl sites for hydroxylation is 1. The van der Waals surface area contributed by atoms with Crippen LogP contribution in [0.2, 0.25) is 0 Å². The molecular formula is C10H16BrN3O3S2. The van der Waals surface area contributed by atoms with E-state index in [-0.39, 0.29) is 24.0 Å². The number of carbonyl (C=O) groups excluding carboxylic acids is 1. The van der Waals surface area contributed by atoms with Crippen LogP contribution >= 0.6 is 27.3 Å². The molecular weight excluding hydrogens is 354 g/mol. The molecule has 1 aromatic heterocycles. The van der Waals surface area contributed by atoms with Crippen LogP contribution < -0.4 is 10.0 Å². The van der Waals surface area contributed by atoms with Crippen LogP contribution in [-0.2, 0) is 10.0 Å². The van der Waals surface area contributed by atoms with Crippen LogP contribution in [0.1, 0.15) is 4.88 Å². The van der Waals surface area contributed by atoms with E-state index in [4.69, 9.17) is 0 Å². The maximum Gasteiger partial charge on any atom is 0.316 e. The quantitative estimate of drug-likeness (QED) is 0.769. The van der Waals surface area contributed by atoms with Gasteiger partial charge in [-0.25, -0.2) is 17.9 Å². The fraction of sp³-hybridized carbons (Fsp3) is 0.500. The first-order valence-corrected chi connectivity index (χ1v) is 8.54. The molecule has 6 nitrogen and oxygen atoms in total. The second kappa shape index (κ2) is 6.69. The second-order valence-corrected chi connectivity index (χ2v) is 8.37. The van der Waals surface area contributed by atoms with Crippen LogP contribution in [0.15, 0.2) is 14.7 Å². The van der Waals surface area contributed by atoms with Crippen molar-refractivity contribution in [3.63, 3.8) is 0 Å². The van der Waals surface area contributed by atoms with Crippen LogP contribution in [0.3, 0.4) is 0 Å². The van der Waals surface area contributed by atoms with Crippen molar-refractivity contribution in [2.24, 2.45) is 0 Å². The van der Waals surface area contributed by atoms with Crippen LogP contribution in [0, 0.1) is 6.92 Å². The molecule has 0 bridgehead atoms. The minimum atomic E-state index is -3.52. The number of hydrogen-bond acceptors (Lipinski definition) is 4. The summed E-state index contributed by atoms with van der Waals surface area (Å²) < 4.78 is 27.2. The van der Waals surface area contributed by atoms with Gasteiger partial charge in [0.1, 0.15) is 0 Å². The Labute approximate surface area is 125 Å². The molecule has 1 aromatic rings. The van der Waals surface area contributed by atoms with Gasteiger partial charge in [-0.15, -0.1) is 11.3 Å². The van der Waals surface area contributed by atoms with Gasteiger partial charge < -0.3 is 10.2 Å². The van der Waals surface area contributed by atoms with Gasteiger partial charge in [0.05, 0.1) is 8.68 Å². The van der Waals surface area contributed by atoms with E-state index in [0.717, 1.165) is 8.66 Å². The monoisotopic (exact) mass is 369 g/mol. The lowest BCUT2D eigenvalue weighted by molar-refractivity contribution is 0.217. The Kier molecular flexibility index (Phi) is 5.78. The van der Waals surface area contributed by atoms with E-state index >= 15 is 0 Å². The Balaban J connectivity index is 2.53. The molecule has 9 heteroatoms. The Bertz CT molecular complexity index is 554. The van der Waals surface area contributed by atoms with Crippen molar-refractivity contribution in [1.82, 2.24) is 14.9 Å². The lowest BCUT2D eigenvalue weighted by Crippen LogP contribution is -2.39. The average Bonchev–Trinajstić information content (AvgIpc) is 2.64. The zero-order valence-corrected chi connectivity index (χ0v) is 14.1. The van der Waals surface area contributed by atoms with Crippen molar-refractivity contribution in [3.8, 4) is 0 Å². The number of rotatable bonds is 5. The van der Waals surface area contributed by atoms with Crippen molar-refractivity contribution < 1.29 is 13.2 Å². The molecule has 0 aliphatic rings. The Morgan fingerprint density at radius 3 is 2.53 bits per heavy atom. The zero-order chi connectivity index (χ0) is 14.6.